The van der Waals surface area contributed by atoms with Crippen LogP contribution in [0.25, 0.3) is 5.57 Å². The molecule has 0 aliphatic rings. The molecule has 0 fully saturated rings. The third kappa shape index (κ3) is 8.87. The summed E-state index contributed by atoms with van der Waals surface area (Å²) < 4.78 is 28.2. The number of rotatable bonds is 8. The van der Waals surface area contributed by atoms with Gasteiger partial charge in [0.15, 0.2) is 0 Å². The number of ketones is 1. The molecule has 0 aliphatic heterocycles. The van der Waals surface area contributed by atoms with Crippen LogP contribution in [-0.4, -0.2) is 27.1 Å². The van der Waals surface area contributed by atoms with Crippen molar-refractivity contribution in [3.05, 3.63) is 61.9 Å². The largest absolute Gasteiger partial charge is 0.478 e. The Kier molecular flexibility index (Phi) is 11.1. The number of carboxylic acids is 1. The highest BCUT2D eigenvalue weighted by Gasteiger charge is 2.14. The summed E-state index contributed by atoms with van der Waals surface area (Å²) in [5.74, 6) is -1.57. The topological polar surface area (TPSA) is 83.5 Å². The number of carbonyl (C=O) groups is 2. The van der Waals surface area contributed by atoms with Crippen LogP contribution >= 0.6 is 22.9 Å². The number of aryl methyl sites for hydroxylation is 1. The molecule has 0 spiro atoms. The Bertz CT molecular complexity index is 943. The van der Waals surface area contributed by atoms with Gasteiger partial charge in [0.25, 0.3) is 0 Å². The van der Waals surface area contributed by atoms with Crippen molar-refractivity contribution >= 4 is 51.2 Å². The molecule has 0 aliphatic carbocycles. The number of nitrogens with one attached hydrogen (secondary N) is 1. The second-order valence-corrected chi connectivity index (χ2v) is 9.32. The normalized spacial score (nSPS) is 13.2. The molecule has 2 atom stereocenters. The number of allylic oxidation sites excluding steroid dienone is 1. The number of carbonyl (C=O) groups excluding carboxylic acids is 1. The molecular weight excluding hydrogens is 449 g/mol. The molecule has 1 aromatic heterocycles. The molecule has 0 saturated heterocycles. The van der Waals surface area contributed by atoms with Crippen LogP contribution in [0, 0.1) is 12.7 Å². The van der Waals surface area contributed by atoms with Crippen LogP contribution in [0.4, 0.5) is 4.39 Å². The number of Topliss-reactive ketones (excluding diaryl/α,β-unsaturated/α-hetero) is 1. The van der Waals surface area contributed by atoms with E-state index in [9.17, 15) is 18.2 Å². The molecule has 0 bridgehead atoms. The maximum Gasteiger partial charge on any atom is 0.335 e. The number of hydrogen-bond acceptors (Lipinski definition) is 4. The van der Waals surface area contributed by atoms with Gasteiger partial charge in [0, 0.05) is 10.3 Å². The van der Waals surface area contributed by atoms with Crippen LogP contribution < -0.4 is 4.72 Å². The standard InChI is InChI=1S/C13H18ClNO2S2.C8H7FO2/c1-4-5-11(10(3)16)15-19(17)8-9(2)12-6-7-13(14)18-12;1-5-2-3-6(8(10)11)4-7(5)9/h6-8,11,15H,4-5H2,1-3H3;2-4H,1H3,(H,10,11)/b9-8+;. The first-order valence-electron chi connectivity index (χ1n) is 9.15. The van der Waals surface area contributed by atoms with E-state index in [1.807, 2.05) is 26.0 Å². The fourth-order valence-corrected chi connectivity index (χ4v) is 4.45. The van der Waals surface area contributed by atoms with E-state index in [1.54, 1.807) is 12.3 Å². The zero-order valence-electron chi connectivity index (χ0n) is 17.2. The van der Waals surface area contributed by atoms with Gasteiger partial charge < -0.3 is 5.11 Å². The molecule has 2 N–H and O–H groups in total. The van der Waals surface area contributed by atoms with Gasteiger partial charge in [-0.3, -0.25) is 4.79 Å². The van der Waals surface area contributed by atoms with Crippen molar-refractivity contribution in [2.24, 2.45) is 0 Å². The Balaban J connectivity index is 0.000000346. The summed E-state index contributed by atoms with van der Waals surface area (Å²) in [6.45, 7) is 6.97. The van der Waals surface area contributed by atoms with E-state index in [2.05, 4.69) is 4.72 Å². The minimum absolute atomic E-state index is 0.0143. The van der Waals surface area contributed by atoms with Gasteiger partial charge in [0.1, 0.15) is 22.6 Å². The maximum absolute atomic E-state index is 12.7. The first-order valence-corrected chi connectivity index (χ1v) is 11.6. The van der Waals surface area contributed by atoms with Gasteiger partial charge in [-0.15, -0.1) is 11.3 Å². The van der Waals surface area contributed by atoms with E-state index in [-0.39, 0.29) is 17.4 Å². The number of halogens is 2. The second-order valence-electron chi connectivity index (χ2n) is 6.54. The van der Waals surface area contributed by atoms with Crippen molar-refractivity contribution in [3.63, 3.8) is 0 Å². The highest BCUT2D eigenvalue weighted by molar-refractivity contribution is 7.86. The Hall–Kier alpha value is -1.87. The quantitative estimate of drug-likeness (QED) is 0.522. The van der Waals surface area contributed by atoms with Gasteiger partial charge in [0.2, 0.25) is 0 Å². The Labute approximate surface area is 187 Å². The van der Waals surface area contributed by atoms with E-state index < -0.39 is 22.8 Å². The van der Waals surface area contributed by atoms with Gasteiger partial charge in [-0.25, -0.2) is 18.1 Å². The fourth-order valence-electron chi connectivity index (χ4n) is 2.28. The van der Waals surface area contributed by atoms with Crippen molar-refractivity contribution < 1.29 is 23.3 Å². The molecule has 0 radical (unpaired) electrons. The van der Waals surface area contributed by atoms with Crippen LogP contribution in [-0.2, 0) is 15.8 Å². The van der Waals surface area contributed by atoms with Gasteiger partial charge in [-0.05, 0) is 62.6 Å². The molecule has 2 aromatic rings. The Morgan fingerprint density at radius 2 is 1.97 bits per heavy atom. The lowest BCUT2D eigenvalue weighted by Gasteiger charge is -2.12. The Morgan fingerprint density at radius 3 is 2.43 bits per heavy atom. The number of thiophene rings is 1. The van der Waals surface area contributed by atoms with Crippen molar-refractivity contribution in [2.75, 3.05) is 0 Å². The minimum Gasteiger partial charge on any atom is -0.478 e. The number of hydrogen-bond donors (Lipinski definition) is 2. The summed E-state index contributed by atoms with van der Waals surface area (Å²) in [5, 5.41) is 10.1. The van der Waals surface area contributed by atoms with Gasteiger partial charge in [-0.2, -0.15) is 0 Å². The van der Waals surface area contributed by atoms with Crippen LogP contribution in [0.3, 0.4) is 0 Å². The van der Waals surface area contributed by atoms with Crippen molar-refractivity contribution in [3.8, 4) is 0 Å². The van der Waals surface area contributed by atoms with Crippen LogP contribution in [0.1, 0.15) is 54.4 Å². The molecule has 9 heteroatoms. The van der Waals surface area contributed by atoms with E-state index in [1.165, 1.54) is 30.4 Å². The van der Waals surface area contributed by atoms with Crippen LogP contribution in [0.15, 0.2) is 35.7 Å². The lowest BCUT2D eigenvalue weighted by molar-refractivity contribution is -0.118. The van der Waals surface area contributed by atoms with Crippen molar-refractivity contribution in [1.29, 1.82) is 0 Å². The maximum atomic E-state index is 12.7. The minimum atomic E-state index is -1.36. The first-order chi connectivity index (χ1) is 14.0. The van der Waals surface area contributed by atoms with E-state index in [0.29, 0.717) is 16.3 Å². The third-order valence-corrected chi connectivity index (χ3v) is 6.44. The molecule has 1 heterocycles. The lowest BCUT2D eigenvalue weighted by atomic mass is 10.1. The Morgan fingerprint density at radius 1 is 1.30 bits per heavy atom. The summed E-state index contributed by atoms with van der Waals surface area (Å²) in [6.07, 6.45) is 1.57. The molecule has 5 nitrogen and oxygen atoms in total. The van der Waals surface area contributed by atoms with E-state index in [4.69, 9.17) is 16.7 Å². The highest BCUT2D eigenvalue weighted by Crippen LogP contribution is 2.27. The van der Waals surface area contributed by atoms with Crippen LogP contribution in [0.5, 0.6) is 0 Å². The van der Waals surface area contributed by atoms with Crippen molar-refractivity contribution in [1.82, 2.24) is 4.72 Å². The number of carboxylic acid groups (broad SMARTS) is 1. The molecule has 1 aromatic carbocycles. The van der Waals surface area contributed by atoms with Gasteiger partial charge >= 0.3 is 5.97 Å². The SMILES string of the molecule is CCCC(NS(=O)/C=C(\C)c1ccc(Cl)s1)C(C)=O.Cc1ccc(C(=O)O)cc1F. The average Bonchev–Trinajstić information content (AvgIpc) is 3.10. The summed E-state index contributed by atoms with van der Waals surface area (Å²) in [7, 11) is -1.36. The van der Waals surface area contributed by atoms with E-state index in [0.717, 1.165) is 22.9 Å². The number of benzene rings is 1. The van der Waals surface area contributed by atoms with E-state index >= 15 is 0 Å². The second kappa shape index (κ2) is 12.7. The average molecular weight is 474 g/mol. The summed E-state index contributed by atoms with van der Waals surface area (Å²) in [5.41, 5.74) is 1.32. The molecule has 0 amide bonds. The van der Waals surface area contributed by atoms with Gasteiger partial charge in [0.05, 0.1) is 15.9 Å². The summed E-state index contributed by atoms with van der Waals surface area (Å²) in [6, 6.07) is 7.19. The number of aromatic carboxylic acids is 1. The van der Waals surface area contributed by atoms with Crippen LogP contribution in [0.2, 0.25) is 4.34 Å². The molecule has 0 saturated carbocycles. The summed E-state index contributed by atoms with van der Waals surface area (Å²) >= 11 is 7.30. The first kappa shape index (κ1) is 26.2. The zero-order valence-corrected chi connectivity index (χ0v) is 19.6. The molecule has 30 heavy (non-hydrogen) atoms. The molecule has 2 rings (SSSR count). The zero-order chi connectivity index (χ0) is 22.8. The molecule has 2 unspecified atom stereocenters. The summed E-state index contributed by atoms with van der Waals surface area (Å²) in [4.78, 5) is 22.7. The van der Waals surface area contributed by atoms with Crippen molar-refractivity contribution in [2.45, 2.75) is 46.6 Å². The lowest BCUT2D eigenvalue weighted by Crippen LogP contribution is -2.35. The molecule has 164 valence electrons. The smallest absolute Gasteiger partial charge is 0.335 e. The highest BCUT2D eigenvalue weighted by atomic mass is 35.5. The predicted molar refractivity (Wildman–Crippen MR) is 122 cm³/mol. The predicted octanol–water partition coefficient (Wildman–Crippen LogP) is 5.61. The monoisotopic (exact) mass is 473 g/mol. The third-order valence-electron chi connectivity index (χ3n) is 3.99. The fraction of sp³-hybridized carbons (Fsp3) is 0.333. The molecular formula is C21H25ClFNO4S2. The van der Waals surface area contributed by atoms with Gasteiger partial charge in [-0.1, -0.05) is 31.0 Å².